The van der Waals surface area contributed by atoms with Crippen LogP contribution in [0.25, 0.3) is 0 Å². The van der Waals surface area contributed by atoms with Crippen LogP contribution in [-0.2, 0) is 14.6 Å². The first-order valence-electron chi connectivity index (χ1n) is 4.37. The quantitative estimate of drug-likeness (QED) is 0.671. The minimum atomic E-state index is -2.93. The molecule has 4 nitrogen and oxygen atoms in total. The van der Waals surface area contributed by atoms with E-state index < -0.39 is 15.9 Å². The maximum absolute atomic E-state index is 11.0. The normalized spacial score (nSPS) is 14.1. The maximum Gasteiger partial charge on any atom is 0.150 e. The van der Waals surface area contributed by atoms with Gasteiger partial charge in [-0.25, -0.2) is 8.42 Å². The molecule has 5 heteroatoms. The standard InChI is InChI=1S/C8H17NO3S/c1-3-13(11,12)6-4-5-8(10)7(2)9/h7H,3-6,9H2,1-2H3. The van der Waals surface area contributed by atoms with Crippen molar-refractivity contribution in [3.8, 4) is 0 Å². The van der Waals surface area contributed by atoms with E-state index in [-0.39, 0.29) is 23.7 Å². The van der Waals surface area contributed by atoms with Crippen LogP contribution in [-0.4, -0.2) is 31.7 Å². The van der Waals surface area contributed by atoms with Crippen LogP contribution in [0.2, 0.25) is 0 Å². The van der Waals surface area contributed by atoms with Crippen molar-refractivity contribution in [3.05, 3.63) is 0 Å². The monoisotopic (exact) mass is 207 g/mol. The molecule has 0 fully saturated rings. The molecule has 1 atom stereocenters. The number of nitrogens with two attached hydrogens (primary N) is 1. The van der Waals surface area contributed by atoms with Gasteiger partial charge in [0.1, 0.15) is 15.6 Å². The summed E-state index contributed by atoms with van der Waals surface area (Å²) in [4.78, 5) is 11.0. The van der Waals surface area contributed by atoms with Crippen molar-refractivity contribution in [2.24, 2.45) is 5.73 Å². The average Bonchev–Trinajstić information content (AvgIpc) is 2.04. The zero-order valence-electron chi connectivity index (χ0n) is 8.12. The van der Waals surface area contributed by atoms with Gasteiger partial charge in [-0.2, -0.15) is 0 Å². The largest absolute Gasteiger partial charge is 0.322 e. The van der Waals surface area contributed by atoms with Gasteiger partial charge in [-0.15, -0.1) is 0 Å². The second-order valence-corrected chi connectivity index (χ2v) is 5.57. The zero-order chi connectivity index (χ0) is 10.5. The van der Waals surface area contributed by atoms with Crippen LogP contribution < -0.4 is 5.73 Å². The Morgan fingerprint density at radius 1 is 1.46 bits per heavy atom. The van der Waals surface area contributed by atoms with E-state index in [9.17, 15) is 13.2 Å². The smallest absolute Gasteiger partial charge is 0.150 e. The maximum atomic E-state index is 11.0. The van der Waals surface area contributed by atoms with Gasteiger partial charge in [0, 0.05) is 12.2 Å². The van der Waals surface area contributed by atoms with E-state index >= 15 is 0 Å². The van der Waals surface area contributed by atoms with Gasteiger partial charge >= 0.3 is 0 Å². The Bertz CT molecular complexity index is 257. The molecule has 13 heavy (non-hydrogen) atoms. The van der Waals surface area contributed by atoms with Gasteiger partial charge < -0.3 is 5.73 Å². The number of ketones is 1. The lowest BCUT2D eigenvalue weighted by Gasteiger charge is -2.03. The van der Waals surface area contributed by atoms with Crippen molar-refractivity contribution in [1.82, 2.24) is 0 Å². The molecule has 0 aliphatic carbocycles. The van der Waals surface area contributed by atoms with Crippen LogP contribution in [0.4, 0.5) is 0 Å². The number of sulfone groups is 1. The third kappa shape index (κ3) is 5.76. The molecule has 0 aromatic rings. The van der Waals surface area contributed by atoms with Crippen LogP contribution in [0.15, 0.2) is 0 Å². The summed E-state index contributed by atoms with van der Waals surface area (Å²) in [6.07, 6.45) is 0.646. The minimum absolute atomic E-state index is 0.0775. The highest BCUT2D eigenvalue weighted by molar-refractivity contribution is 7.91. The molecule has 0 aliphatic rings. The lowest BCUT2D eigenvalue weighted by atomic mass is 10.1. The SMILES string of the molecule is CCS(=O)(=O)CCCC(=O)C(C)N. The van der Waals surface area contributed by atoms with Gasteiger partial charge in [0.25, 0.3) is 0 Å². The molecule has 0 spiro atoms. The molecule has 0 radical (unpaired) electrons. The molecule has 1 unspecified atom stereocenters. The van der Waals surface area contributed by atoms with E-state index in [1.54, 1.807) is 13.8 Å². The first-order chi connectivity index (χ1) is 5.89. The van der Waals surface area contributed by atoms with Gasteiger partial charge in [-0.3, -0.25) is 4.79 Å². The second-order valence-electron chi connectivity index (χ2n) is 3.09. The molecule has 0 rings (SSSR count). The summed E-state index contributed by atoms with van der Waals surface area (Å²) >= 11 is 0. The molecular formula is C8H17NO3S. The summed E-state index contributed by atoms with van der Waals surface area (Å²) in [7, 11) is -2.93. The van der Waals surface area contributed by atoms with Crippen molar-refractivity contribution < 1.29 is 13.2 Å². The number of carbonyl (C=O) groups excluding carboxylic acids is 1. The molecule has 0 saturated carbocycles. The molecule has 2 N–H and O–H groups in total. The predicted octanol–water partition coefficient (Wildman–Crippen LogP) is 0.118. The molecule has 78 valence electrons. The van der Waals surface area contributed by atoms with Gasteiger partial charge in [-0.1, -0.05) is 6.92 Å². The van der Waals surface area contributed by atoms with Crippen LogP contribution in [0.5, 0.6) is 0 Å². The summed E-state index contributed by atoms with van der Waals surface area (Å²) in [5.74, 6) is 0.146. The van der Waals surface area contributed by atoms with Gasteiger partial charge in [0.2, 0.25) is 0 Å². The van der Waals surface area contributed by atoms with Crippen molar-refractivity contribution in [1.29, 1.82) is 0 Å². The van der Waals surface area contributed by atoms with Crippen LogP contribution in [0.1, 0.15) is 26.7 Å². The number of hydrogen-bond donors (Lipinski definition) is 1. The van der Waals surface area contributed by atoms with Crippen LogP contribution in [0.3, 0.4) is 0 Å². The van der Waals surface area contributed by atoms with E-state index in [1.807, 2.05) is 0 Å². The van der Waals surface area contributed by atoms with E-state index in [0.717, 1.165) is 0 Å². The van der Waals surface area contributed by atoms with Gasteiger partial charge in [-0.05, 0) is 13.3 Å². The highest BCUT2D eigenvalue weighted by Gasteiger charge is 2.11. The minimum Gasteiger partial charge on any atom is -0.322 e. The lowest BCUT2D eigenvalue weighted by Crippen LogP contribution is -2.26. The molecule has 0 heterocycles. The highest BCUT2D eigenvalue weighted by atomic mass is 32.2. The molecule has 0 bridgehead atoms. The fourth-order valence-corrected chi connectivity index (χ4v) is 1.71. The molecule has 0 amide bonds. The first-order valence-corrected chi connectivity index (χ1v) is 6.20. The third-order valence-corrected chi connectivity index (χ3v) is 3.62. The number of Topliss-reactive ketones (excluding diaryl/α,β-unsaturated/α-hetero) is 1. The highest BCUT2D eigenvalue weighted by Crippen LogP contribution is 1.99. The Morgan fingerprint density at radius 3 is 2.38 bits per heavy atom. The summed E-state index contributed by atoms with van der Waals surface area (Å²) in [5.41, 5.74) is 5.32. The fourth-order valence-electron chi connectivity index (χ4n) is 0.838. The Morgan fingerprint density at radius 2 is 2.00 bits per heavy atom. The van der Waals surface area contributed by atoms with Gasteiger partial charge in [0.05, 0.1) is 11.8 Å². The van der Waals surface area contributed by atoms with Crippen molar-refractivity contribution in [2.75, 3.05) is 11.5 Å². The van der Waals surface area contributed by atoms with Crippen LogP contribution in [0, 0.1) is 0 Å². The number of carbonyl (C=O) groups is 1. The molecule has 0 aromatic heterocycles. The summed E-state index contributed by atoms with van der Waals surface area (Å²) in [5, 5.41) is 0. The van der Waals surface area contributed by atoms with Gasteiger partial charge in [0.15, 0.2) is 0 Å². The zero-order valence-corrected chi connectivity index (χ0v) is 8.93. The Kier molecular flexibility index (Phi) is 5.17. The Balaban J connectivity index is 3.76. The number of hydrogen-bond acceptors (Lipinski definition) is 4. The van der Waals surface area contributed by atoms with E-state index in [2.05, 4.69) is 0 Å². The predicted molar refractivity (Wildman–Crippen MR) is 52.2 cm³/mol. The lowest BCUT2D eigenvalue weighted by molar-refractivity contribution is -0.119. The topological polar surface area (TPSA) is 77.2 Å². The van der Waals surface area contributed by atoms with Crippen molar-refractivity contribution in [2.45, 2.75) is 32.7 Å². The molecule has 0 aliphatic heterocycles. The molecule has 0 aromatic carbocycles. The van der Waals surface area contributed by atoms with E-state index in [0.29, 0.717) is 6.42 Å². The third-order valence-electron chi connectivity index (χ3n) is 1.83. The number of rotatable bonds is 6. The Labute approximate surface area is 79.4 Å². The Hall–Kier alpha value is -0.420. The molecule has 0 saturated heterocycles. The van der Waals surface area contributed by atoms with E-state index in [4.69, 9.17) is 5.73 Å². The first kappa shape index (κ1) is 12.6. The van der Waals surface area contributed by atoms with Crippen LogP contribution >= 0.6 is 0 Å². The van der Waals surface area contributed by atoms with E-state index in [1.165, 1.54) is 0 Å². The second kappa shape index (κ2) is 5.34. The summed E-state index contributed by atoms with van der Waals surface area (Å²) < 4.78 is 22.0. The molecular weight excluding hydrogens is 190 g/mol. The fraction of sp³-hybridized carbons (Fsp3) is 0.875. The van der Waals surface area contributed by atoms with Crippen molar-refractivity contribution >= 4 is 15.6 Å². The average molecular weight is 207 g/mol. The van der Waals surface area contributed by atoms with Crippen molar-refractivity contribution in [3.63, 3.8) is 0 Å². The summed E-state index contributed by atoms with van der Waals surface area (Å²) in [6.45, 7) is 3.21. The summed E-state index contributed by atoms with van der Waals surface area (Å²) in [6, 6.07) is -0.482.